The van der Waals surface area contributed by atoms with Gasteiger partial charge in [0.25, 0.3) is 7.37 Å². The molecule has 1 aliphatic heterocycles. The molecular weight excluding hydrogens is 373 g/mol. The number of aromatic carboxylic acids is 1. The Kier molecular flexibility index (Phi) is 7.56. The lowest BCUT2D eigenvalue weighted by Crippen LogP contribution is -2.54. The SMILES string of the molecule is CCOC(OCC)P(=O)(O)CC1CNC(C)(c2cccc(C(=O)O)c2)CO1. The third kappa shape index (κ3) is 5.60. The Bertz CT molecular complexity index is 682. The van der Waals surface area contributed by atoms with Crippen LogP contribution in [0, 0.1) is 0 Å². The first-order chi connectivity index (χ1) is 12.7. The van der Waals surface area contributed by atoms with Crippen molar-refractivity contribution in [2.24, 2.45) is 0 Å². The standard InChI is InChI=1S/C18H28NO7P/c1-4-24-17(25-5-2)27(22,23)11-15-10-19-18(3,12-26-15)14-8-6-7-13(9-14)16(20)21/h6-9,15,17,19H,4-5,10-12H2,1-3H3,(H,20,21)(H,22,23). The van der Waals surface area contributed by atoms with E-state index < -0.39 is 31.0 Å². The first-order valence-corrected chi connectivity index (χ1v) is 10.9. The molecule has 8 nitrogen and oxygen atoms in total. The lowest BCUT2D eigenvalue weighted by Gasteiger charge is -2.40. The molecule has 3 unspecified atom stereocenters. The van der Waals surface area contributed by atoms with Crippen molar-refractivity contribution >= 4 is 13.3 Å². The Balaban J connectivity index is 2.02. The van der Waals surface area contributed by atoms with E-state index >= 15 is 0 Å². The van der Waals surface area contributed by atoms with Crippen molar-refractivity contribution in [2.45, 2.75) is 38.4 Å². The number of ether oxygens (including phenoxy) is 3. The molecule has 1 heterocycles. The van der Waals surface area contributed by atoms with Gasteiger partial charge in [-0.1, -0.05) is 12.1 Å². The second-order valence-electron chi connectivity index (χ2n) is 6.69. The quantitative estimate of drug-likeness (QED) is 0.426. The maximum absolute atomic E-state index is 12.6. The van der Waals surface area contributed by atoms with Gasteiger partial charge in [-0.15, -0.1) is 0 Å². The van der Waals surface area contributed by atoms with Gasteiger partial charge in [0.15, 0.2) is 0 Å². The summed E-state index contributed by atoms with van der Waals surface area (Å²) >= 11 is 0. The summed E-state index contributed by atoms with van der Waals surface area (Å²) in [7, 11) is -3.73. The summed E-state index contributed by atoms with van der Waals surface area (Å²) < 4.78 is 29.0. The summed E-state index contributed by atoms with van der Waals surface area (Å²) in [5.74, 6) is -0.992. The van der Waals surface area contributed by atoms with E-state index in [2.05, 4.69) is 5.32 Å². The number of hydrogen-bond donors (Lipinski definition) is 3. The second-order valence-corrected chi connectivity index (χ2v) is 8.99. The Hall–Kier alpha value is -1.28. The van der Waals surface area contributed by atoms with Crippen LogP contribution in [0.4, 0.5) is 0 Å². The molecule has 27 heavy (non-hydrogen) atoms. The number of nitrogens with one attached hydrogen (secondary N) is 1. The van der Waals surface area contributed by atoms with Crippen LogP contribution in [0.15, 0.2) is 24.3 Å². The van der Waals surface area contributed by atoms with Gasteiger partial charge in [-0.3, -0.25) is 4.57 Å². The maximum atomic E-state index is 12.6. The summed E-state index contributed by atoms with van der Waals surface area (Å²) in [6, 6.07) is 5.51. The zero-order chi connectivity index (χ0) is 20.1. The molecule has 0 bridgehead atoms. The number of hydrogen-bond acceptors (Lipinski definition) is 6. The molecule has 0 aliphatic carbocycles. The molecule has 3 atom stereocenters. The third-order valence-corrected chi connectivity index (χ3v) is 6.37. The molecule has 0 radical (unpaired) electrons. The molecule has 1 aromatic rings. The van der Waals surface area contributed by atoms with Gasteiger partial charge in [0.2, 0.25) is 6.03 Å². The Morgan fingerprint density at radius 2 is 2.07 bits per heavy atom. The van der Waals surface area contributed by atoms with Crippen molar-refractivity contribution in [1.82, 2.24) is 5.32 Å². The predicted octanol–water partition coefficient (Wildman–Crippen LogP) is 2.22. The summed E-state index contributed by atoms with van der Waals surface area (Å²) in [4.78, 5) is 21.6. The average molecular weight is 401 g/mol. The fourth-order valence-electron chi connectivity index (χ4n) is 2.98. The van der Waals surface area contributed by atoms with Gasteiger partial charge < -0.3 is 29.5 Å². The number of benzene rings is 1. The highest BCUT2D eigenvalue weighted by Crippen LogP contribution is 2.48. The highest BCUT2D eigenvalue weighted by molar-refractivity contribution is 7.58. The van der Waals surface area contributed by atoms with Crippen LogP contribution in [0.5, 0.6) is 0 Å². The van der Waals surface area contributed by atoms with E-state index in [0.29, 0.717) is 6.54 Å². The number of carboxylic acids is 1. The Labute approximate surface area is 159 Å². The predicted molar refractivity (Wildman–Crippen MR) is 100 cm³/mol. The molecule has 152 valence electrons. The summed E-state index contributed by atoms with van der Waals surface area (Å²) in [5, 5.41) is 12.5. The van der Waals surface area contributed by atoms with Crippen molar-refractivity contribution in [3.63, 3.8) is 0 Å². The summed E-state index contributed by atoms with van der Waals surface area (Å²) in [6.45, 7) is 6.53. The van der Waals surface area contributed by atoms with Gasteiger partial charge in [0.05, 0.1) is 30.0 Å². The second kappa shape index (κ2) is 9.28. The minimum Gasteiger partial charge on any atom is -0.478 e. The highest BCUT2D eigenvalue weighted by Gasteiger charge is 2.40. The van der Waals surface area contributed by atoms with Crippen LogP contribution in [0.2, 0.25) is 0 Å². The van der Waals surface area contributed by atoms with E-state index in [1.54, 1.807) is 26.0 Å². The number of carboxylic acid groups (broad SMARTS) is 1. The Morgan fingerprint density at radius 1 is 1.41 bits per heavy atom. The fraction of sp³-hybridized carbons (Fsp3) is 0.611. The van der Waals surface area contributed by atoms with Gasteiger partial charge in [0, 0.05) is 19.8 Å². The normalized spacial score (nSPS) is 25.3. The van der Waals surface area contributed by atoms with Gasteiger partial charge >= 0.3 is 5.97 Å². The van der Waals surface area contributed by atoms with E-state index in [9.17, 15) is 14.3 Å². The minimum absolute atomic E-state index is 0.0874. The van der Waals surface area contributed by atoms with Crippen molar-refractivity contribution in [3.8, 4) is 0 Å². The van der Waals surface area contributed by atoms with Crippen LogP contribution in [0.3, 0.4) is 0 Å². The van der Waals surface area contributed by atoms with Crippen LogP contribution in [-0.2, 0) is 24.3 Å². The fourth-order valence-corrected chi connectivity index (χ4v) is 4.73. The third-order valence-electron chi connectivity index (χ3n) is 4.49. The van der Waals surface area contributed by atoms with Crippen molar-refractivity contribution in [3.05, 3.63) is 35.4 Å². The molecule has 2 rings (SSSR count). The molecular formula is C18H28NO7P. The first kappa shape index (κ1) is 22.0. The molecule has 1 fully saturated rings. The molecule has 9 heteroatoms. The monoisotopic (exact) mass is 401 g/mol. The molecule has 0 spiro atoms. The van der Waals surface area contributed by atoms with E-state index in [-0.39, 0.29) is 31.5 Å². The molecule has 0 aromatic heterocycles. The van der Waals surface area contributed by atoms with Crippen LogP contribution in [0.1, 0.15) is 36.7 Å². The lowest BCUT2D eigenvalue weighted by molar-refractivity contribution is -0.0889. The van der Waals surface area contributed by atoms with E-state index in [4.69, 9.17) is 19.3 Å². The molecule has 1 saturated heterocycles. The van der Waals surface area contributed by atoms with Gasteiger partial charge in [0.1, 0.15) is 0 Å². The van der Waals surface area contributed by atoms with Crippen LogP contribution >= 0.6 is 7.37 Å². The van der Waals surface area contributed by atoms with Crippen LogP contribution in [-0.4, -0.2) is 60.6 Å². The van der Waals surface area contributed by atoms with Crippen LogP contribution in [0.25, 0.3) is 0 Å². The average Bonchev–Trinajstić information content (AvgIpc) is 2.63. The summed E-state index contributed by atoms with van der Waals surface area (Å²) in [6.07, 6.45) is -0.560. The van der Waals surface area contributed by atoms with Crippen molar-refractivity contribution in [1.29, 1.82) is 0 Å². The van der Waals surface area contributed by atoms with Gasteiger partial charge in [-0.05, 0) is 38.5 Å². The molecule has 3 N–H and O–H groups in total. The largest absolute Gasteiger partial charge is 0.478 e. The topological polar surface area (TPSA) is 114 Å². The number of rotatable bonds is 9. The zero-order valence-electron chi connectivity index (χ0n) is 15.9. The smallest absolute Gasteiger partial charge is 0.335 e. The van der Waals surface area contributed by atoms with Gasteiger partial charge in [-0.25, -0.2) is 4.79 Å². The van der Waals surface area contributed by atoms with Gasteiger partial charge in [-0.2, -0.15) is 0 Å². The highest BCUT2D eigenvalue weighted by atomic mass is 31.2. The number of morpholine rings is 1. The molecule has 0 saturated carbocycles. The molecule has 0 amide bonds. The van der Waals surface area contributed by atoms with Crippen molar-refractivity contribution < 1.29 is 33.6 Å². The molecule has 1 aromatic carbocycles. The van der Waals surface area contributed by atoms with E-state index in [0.717, 1.165) is 5.56 Å². The summed E-state index contributed by atoms with van der Waals surface area (Å²) in [5.41, 5.74) is 0.406. The van der Waals surface area contributed by atoms with Crippen LogP contribution < -0.4 is 5.32 Å². The zero-order valence-corrected chi connectivity index (χ0v) is 16.8. The number of carbonyl (C=O) groups is 1. The minimum atomic E-state index is -3.73. The molecule has 1 aliphatic rings. The first-order valence-electron chi connectivity index (χ1n) is 8.97. The van der Waals surface area contributed by atoms with Crippen molar-refractivity contribution in [2.75, 3.05) is 32.5 Å². The lowest BCUT2D eigenvalue weighted by atomic mass is 9.90. The maximum Gasteiger partial charge on any atom is 0.335 e. The van der Waals surface area contributed by atoms with E-state index in [1.807, 2.05) is 13.0 Å². The Morgan fingerprint density at radius 3 is 2.59 bits per heavy atom. The van der Waals surface area contributed by atoms with E-state index in [1.165, 1.54) is 6.07 Å².